The number of carbonyl (C=O) groups excluding carboxylic acids is 1. The van der Waals surface area contributed by atoms with E-state index in [1.54, 1.807) is 12.1 Å². The second-order valence-corrected chi connectivity index (χ2v) is 2.67. The number of phenolic OH excluding ortho intramolecular Hbond substituents is 1. The molecule has 0 spiro atoms. The van der Waals surface area contributed by atoms with Crippen LogP contribution in [0.1, 0.15) is 19.4 Å². The number of carbonyl (C=O) groups is 1. The van der Waals surface area contributed by atoms with Crippen molar-refractivity contribution in [1.29, 1.82) is 0 Å². The lowest BCUT2D eigenvalue weighted by atomic mass is 10.2. The number of aldehydes is 1. The highest BCUT2D eigenvalue weighted by atomic mass is 16.5. The fourth-order valence-electron chi connectivity index (χ4n) is 0.990. The van der Waals surface area contributed by atoms with E-state index in [2.05, 4.69) is 0 Å². The van der Waals surface area contributed by atoms with Crippen molar-refractivity contribution in [2.24, 2.45) is 0 Å². The number of rotatable bonds is 2. The Kier molecular flexibility index (Phi) is 6.72. The summed E-state index contributed by atoms with van der Waals surface area (Å²) in [6, 6.07) is 5.24. The van der Waals surface area contributed by atoms with Crippen molar-refractivity contribution in [2.45, 2.75) is 13.8 Å². The first-order valence-electron chi connectivity index (χ1n) is 4.59. The normalized spacial score (nSPS) is 9.27. The van der Waals surface area contributed by atoms with Crippen LogP contribution in [0.3, 0.4) is 0 Å². The second-order valence-electron chi connectivity index (χ2n) is 2.67. The highest BCUT2D eigenvalue weighted by Gasteiger charge is 1.99. The van der Waals surface area contributed by atoms with Gasteiger partial charge < -0.3 is 14.6 Å². The minimum atomic E-state index is 0.172. The van der Waals surface area contributed by atoms with Crippen LogP contribution in [0.25, 0.3) is 6.08 Å². The zero-order chi connectivity index (χ0) is 11.7. The van der Waals surface area contributed by atoms with Crippen molar-refractivity contribution in [2.75, 3.05) is 7.11 Å². The summed E-state index contributed by atoms with van der Waals surface area (Å²) in [6.45, 7) is 3.39. The summed E-state index contributed by atoms with van der Waals surface area (Å²) in [5.41, 5.74) is 1.02. The molecule has 1 rings (SSSR count). The molecule has 3 heteroatoms. The Balaban J connectivity index is 0.000000583. The van der Waals surface area contributed by atoms with Gasteiger partial charge in [-0.2, -0.15) is 0 Å². The van der Waals surface area contributed by atoms with Gasteiger partial charge in [-0.25, -0.2) is 0 Å². The molecule has 1 aromatic rings. The predicted molar refractivity (Wildman–Crippen MR) is 61.1 cm³/mol. The molecule has 0 amide bonds. The van der Waals surface area contributed by atoms with Crippen LogP contribution in [0, 0.1) is 0 Å². The van der Waals surface area contributed by atoms with Gasteiger partial charge in [-0.05, 0) is 31.5 Å². The van der Waals surface area contributed by atoms with Gasteiger partial charge in [0.05, 0.1) is 7.11 Å². The molecule has 1 N–H and O–H groups in total. The minimum absolute atomic E-state index is 0.172. The topological polar surface area (TPSA) is 46.5 Å². The predicted octanol–water partition coefficient (Wildman–Crippen LogP) is 2.64. The Morgan fingerprint density at radius 1 is 1.33 bits per heavy atom. The molecule has 82 valence electrons. The molecule has 0 saturated carbocycles. The molecule has 0 atom stereocenters. The first-order chi connectivity index (χ1) is 7.19. The van der Waals surface area contributed by atoms with Crippen LogP contribution in [0.2, 0.25) is 0 Å². The number of phenols is 1. The van der Waals surface area contributed by atoms with Crippen LogP contribution >= 0.6 is 0 Å². The van der Waals surface area contributed by atoms with E-state index in [0.717, 1.165) is 11.8 Å². The van der Waals surface area contributed by atoms with Crippen LogP contribution in [0.15, 0.2) is 24.3 Å². The molecule has 3 nitrogen and oxygen atoms in total. The molecule has 0 aromatic heterocycles. The van der Waals surface area contributed by atoms with Crippen molar-refractivity contribution >= 4 is 12.4 Å². The van der Waals surface area contributed by atoms with Gasteiger partial charge in [-0.1, -0.05) is 18.2 Å². The molecule has 0 unspecified atom stereocenters. The zero-order valence-corrected chi connectivity index (χ0v) is 9.23. The van der Waals surface area contributed by atoms with Crippen molar-refractivity contribution < 1.29 is 14.6 Å². The molecule has 0 radical (unpaired) electrons. The summed E-state index contributed by atoms with van der Waals surface area (Å²) in [5.74, 6) is 0.677. The lowest BCUT2D eigenvalue weighted by Crippen LogP contribution is -1.83. The van der Waals surface area contributed by atoms with Gasteiger partial charge in [0.25, 0.3) is 0 Å². The van der Waals surface area contributed by atoms with Gasteiger partial charge in [0.1, 0.15) is 6.29 Å². The van der Waals surface area contributed by atoms with Gasteiger partial charge in [0.2, 0.25) is 0 Å². The lowest BCUT2D eigenvalue weighted by molar-refractivity contribution is -0.106. The van der Waals surface area contributed by atoms with Crippen LogP contribution in [0.5, 0.6) is 11.5 Å². The van der Waals surface area contributed by atoms with Crippen LogP contribution in [-0.4, -0.2) is 18.5 Å². The Bertz CT molecular complexity index is 330. The molecule has 15 heavy (non-hydrogen) atoms. The summed E-state index contributed by atoms with van der Waals surface area (Å²) < 4.78 is 4.95. The molecular formula is C12H16O3. The smallest absolute Gasteiger partial charge is 0.161 e. The third kappa shape index (κ3) is 4.86. The number of hydrogen-bond acceptors (Lipinski definition) is 3. The number of hydrogen-bond donors (Lipinski definition) is 1. The van der Waals surface area contributed by atoms with Gasteiger partial charge in [-0.3, -0.25) is 0 Å². The highest BCUT2D eigenvalue weighted by Crippen LogP contribution is 2.26. The van der Waals surface area contributed by atoms with E-state index in [-0.39, 0.29) is 5.75 Å². The SMILES string of the molecule is C/C=C/c1ccc(O)c(OC)c1.CC=O. The van der Waals surface area contributed by atoms with Gasteiger partial charge in [0.15, 0.2) is 11.5 Å². The molecule has 0 aliphatic carbocycles. The molecule has 0 fully saturated rings. The van der Waals surface area contributed by atoms with Crippen molar-refractivity contribution in [1.82, 2.24) is 0 Å². The van der Waals surface area contributed by atoms with E-state index in [1.165, 1.54) is 14.0 Å². The summed E-state index contributed by atoms with van der Waals surface area (Å²) >= 11 is 0. The van der Waals surface area contributed by atoms with E-state index in [1.807, 2.05) is 25.1 Å². The third-order valence-electron chi connectivity index (χ3n) is 1.56. The maximum Gasteiger partial charge on any atom is 0.161 e. The molecule has 0 bridgehead atoms. The fraction of sp³-hybridized carbons (Fsp3) is 0.250. The average Bonchev–Trinajstić information content (AvgIpc) is 2.22. The maximum absolute atomic E-state index is 9.25. The van der Waals surface area contributed by atoms with Gasteiger partial charge >= 0.3 is 0 Å². The van der Waals surface area contributed by atoms with E-state index in [0.29, 0.717) is 5.75 Å². The third-order valence-corrected chi connectivity index (χ3v) is 1.56. The zero-order valence-electron chi connectivity index (χ0n) is 9.23. The largest absolute Gasteiger partial charge is 0.504 e. The van der Waals surface area contributed by atoms with Gasteiger partial charge in [0, 0.05) is 0 Å². The highest BCUT2D eigenvalue weighted by molar-refractivity contribution is 5.55. The molecule has 0 heterocycles. The molecule has 1 aromatic carbocycles. The summed E-state index contributed by atoms with van der Waals surface area (Å²) in [4.78, 5) is 8.81. The lowest BCUT2D eigenvalue weighted by Gasteiger charge is -2.03. The first kappa shape index (κ1) is 13.2. The molecule has 0 aliphatic rings. The molecule has 0 saturated heterocycles. The van der Waals surface area contributed by atoms with E-state index >= 15 is 0 Å². The number of aromatic hydroxyl groups is 1. The number of allylic oxidation sites excluding steroid dienone is 1. The Hall–Kier alpha value is -1.77. The van der Waals surface area contributed by atoms with Crippen molar-refractivity contribution in [3.63, 3.8) is 0 Å². The van der Waals surface area contributed by atoms with E-state index < -0.39 is 0 Å². The van der Waals surface area contributed by atoms with Crippen LogP contribution < -0.4 is 4.74 Å². The number of methoxy groups -OCH3 is 1. The monoisotopic (exact) mass is 208 g/mol. The molecular weight excluding hydrogens is 192 g/mol. The van der Waals surface area contributed by atoms with Crippen LogP contribution in [0.4, 0.5) is 0 Å². The van der Waals surface area contributed by atoms with Crippen LogP contribution in [-0.2, 0) is 4.79 Å². The number of benzene rings is 1. The Morgan fingerprint density at radius 2 is 1.93 bits per heavy atom. The maximum atomic E-state index is 9.25. The standard InChI is InChI=1S/C10H12O2.C2H4O/c1-3-4-8-5-6-9(11)10(7-8)12-2;1-2-3/h3-7,11H,1-2H3;2H,1H3/b4-3+;. The fourth-order valence-corrected chi connectivity index (χ4v) is 0.990. The average molecular weight is 208 g/mol. The Labute approximate surface area is 90.0 Å². The molecule has 0 aliphatic heterocycles. The summed E-state index contributed by atoms with van der Waals surface area (Å²) in [5, 5.41) is 9.25. The van der Waals surface area contributed by atoms with E-state index in [9.17, 15) is 5.11 Å². The minimum Gasteiger partial charge on any atom is -0.504 e. The summed E-state index contributed by atoms with van der Waals surface area (Å²) in [7, 11) is 1.54. The second kappa shape index (κ2) is 7.62. The van der Waals surface area contributed by atoms with Gasteiger partial charge in [-0.15, -0.1) is 0 Å². The first-order valence-corrected chi connectivity index (χ1v) is 4.59. The quantitative estimate of drug-likeness (QED) is 0.760. The van der Waals surface area contributed by atoms with E-state index in [4.69, 9.17) is 9.53 Å². The van der Waals surface area contributed by atoms with Crippen molar-refractivity contribution in [3.8, 4) is 11.5 Å². The number of ether oxygens (including phenoxy) is 1. The summed E-state index contributed by atoms with van der Waals surface area (Å²) in [6.07, 6.45) is 4.63. The van der Waals surface area contributed by atoms with Crippen molar-refractivity contribution in [3.05, 3.63) is 29.8 Å². The Morgan fingerprint density at radius 3 is 2.40 bits per heavy atom.